The Morgan fingerprint density at radius 1 is 1.08 bits per heavy atom. The van der Waals surface area contributed by atoms with Gasteiger partial charge in [0.05, 0.1) is 17.2 Å². The van der Waals surface area contributed by atoms with E-state index in [9.17, 15) is 14.4 Å². The van der Waals surface area contributed by atoms with Gasteiger partial charge in [-0.3, -0.25) is 14.2 Å². The lowest BCUT2D eigenvalue weighted by Crippen LogP contribution is -2.26. The van der Waals surface area contributed by atoms with E-state index < -0.39 is 5.97 Å². The van der Waals surface area contributed by atoms with Gasteiger partial charge in [-0.25, -0.2) is 9.78 Å². The average molecular weight is 336 g/mol. The highest BCUT2D eigenvalue weighted by molar-refractivity contribution is 5.95. The molecule has 3 rings (SSSR count). The van der Waals surface area contributed by atoms with Gasteiger partial charge in [-0.2, -0.15) is 0 Å². The summed E-state index contributed by atoms with van der Waals surface area (Å²) >= 11 is 0. The van der Waals surface area contributed by atoms with Gasteiger partial charge in [0.2, 0.25) is 0 Å². The standard InChI is InChI=1S/C19H16N2O4/c1-2-17(22)13-7-9-14(10-8-13)25-18(23)11-21-12-20-16-6-4-3-5-15(16)19(21)24/h3-10,12H,2,11H2,1H3. The summed E-state index contributed by atoms with van der Waals surface area (Å²) < 4.78 is 6.42. The highest BCUT2D eigenvalue weighted by atomic mass is 16.5. The highest BCUT2D eigenvalue weighted by Gasteiger charge is 2.10. The van der Waals surface area contributed by atoms with Gasteiger partial charge in [0, 0.05) is 12.0 Å². The Morgan fingerprint density at radius 3 is 2.52 bits per heavy atom. The monoisotopic (exact) mass is 336 g/mol. The number of fused-ring (bicyclic) bond motifs is 1. The van der Waals surface area contributed by atoms with Crippen molar-refractivity contribution in [2.24, 2.45) is 0 Å². The molecule has 0 atom stereocenters. The third kappa shape index (κ3) is 3.63. The maximum atomic E-state index is 12.3. The van der Waals surface area contributed by atoms with Crippen LogP contribution in [0.5, 0.6) is 5.75 Å². The molecule has 1 aromatic heterocycles. The van der Waals surface area contributed by atoms with Crippen LogP contribution < -0.4 is 10.3 Å². The first kappa shape index (κ1) is 16.6. The molecule has 6 nitrogen and oxygen atoms in total. The van der Waals surface area contributed by atoms with Crippen molar-refractivity contribution in [3.8, 4) is 5.75 Å². The van der Waals surface area contributed by atoms with E-state index in [2.05, 4.69) is 4.98 Å². The zero-order chi connectivity index (χ0) is 17.8. The van der Waals surface area contributed by atoms with E-state index >= 15 is 0 Å². The SMILES string of the molecule is CCC(=O)c1ccc(OC(=O)Cn2cnc3ccccc3c2=O)cc1. The molecule has 0 spiro atoms. The average Bonchev–Trinajstić information content (AvgIpc) is 2.64. The number of rotatable bonds is 5. The number of ketones is 1. The van der Waals surface area contributed by atoms with E-state index in [-0.39, 0.29) is 17.9 Å². The summed E-state index contributed by atoms with van der Waals surface area (Å²) in [5, 5.41) is 0.445. The highest BCUT2D eigenvalue weighted by Crippen LogP contribution is 2.14. The molecule has 0 aliphatic heterocycles. The molecule has 0 radical (unpaired) electrons. The fourth-order valence-electron chi connectivity index (χ4n) is 2.43. The van der Waals surface area contributed by atoms with Gasteiger partial charge >= 0.3 is 5.97 Å². The Kier molecular flexibility index (Phi) is 4.70. The van der Waals surface area contributed by atoms with E-state index in [1.54, 1.807) is 55.5 Å². The quantitative estimate of drug-likeness (QED) is 0.406. The molecule has 0 aliphatic carbocycles. The number of carbonyl (C=O) groups excluding carboxylic acids is 2. The molecule has 3 aromatic rings. The van der Waals surface area contributed by atoms with Crippen LogP contribution in [0.1, 0.15) is 23.7 Å². The molecule has 0 aliphatic rings. The Morgan fingerprint density at radius 2 is 1.80 bits per heavy atom. The fourth-order valence-corrected chi connectivity index (χ4v) is 2.43. The lowest BCUT2D eigenvalue weighted by Gasteiger charge is -2.07. The van der Waals surface area contributed by atoms with Crippen LogP contribution >= 0.6 is 0 Å². The second-order valence-electron chi connectivity index (χ2n) is 5.47. The summed E-state index contributed by atoms with van der Waals surface area (Å²) in [4.78, 5) is 40.2. The van der Waals surface area contributed by atoms with Gasteiger partial charge in [0.15, 0.2) is 5.78 Å². The topological polar surface area (TPSA) is 78.3 Å². The van der Waals surface area contributed by atoms with Gasteiger partial charge in [0.25, 0.3) is 5.56 Å². The molecule has 1 heterocycles. The summed E-state index contributed by atoms with van der Waals surface area (Å²) in [5.74, 6) is -0.250. The van der Waals surface area contributed by atoms with E-state index in [0.717, 1.165) is 0 Å². The number of aromatic nitrogens is 2. The van der Waals surface area contributed by atoms with Crippen LogP contribution in [0.3, 0.4) is 0 Å². The molecule has 6 heteroatoms. The number of para-hydroxylation sites is 1. The molecular formula is C19H16N2O4. The van der Waals surface area contributed by atoms with Gasteiger partial charge in [-0.15, -0.1) is 0 Å². The molecule has 126 valence electrons. The normalized spacial score (nSPS) is 10.6. The van der Waals surface area contributed by atoms with Crippen LogP contribution in [0.25, 0.3) is 10.9 Å². The summed E-state index contributed by atoms with van der Waals surface area (Å²) in [5.41, 5.74) is 0.844. The second-order valence-corrected chi connectivity index (χ2v) is 5.47. The predicted octanol–water partition coefficient (Wildman–Crippen LogP) is 2.59. The van der Waals surface area contributed by atoms with Crippen molar-refractivity contribution in [1.82, 2.24) is 9.55 Å². The van der Waals surface area contributed by atoms with Crippen LogP contribution in [0.15, 0.2) is 59.7 Å². The zero-order valence-corrected chi connectivity index (χ0v) is 13.6. The molecular weight excluding hydrogens is 320 g/mol. The van der Waals surface area contributed by atoms with E-state index in [0.29, 0.717) is 28.6 Å². The zero-order valence-electron chi connectivity index (χ0n) is 13.6. The van der Waals surface area contributed by atoms with E-state index in [1.165, 1.54) is 10.9 Å². The molecule has 0 saturated carbocycles. The van der Waals surface area contributed by atoms with Gasteiger partial charge in [-0.05, 0) is 36.4 Å². The number of hydrogen-bond donors (Lipinski definition) is 0. The molecule has 25 heavy (non-hydrogen) atoms. The van der Waals surface area contributed by atoms with Crippen molar-refractivity contribution in [3.05, 3.63) is 70.8 Å². The number of carbonyl (C=O) groups is 2. The van der Waals surface area contributed by atoms with Gasteiger partial charge in [-0.1, -0.05) is 19.1 Å². The Hall–Kier alpha value is -3.28. The molecule has 0 N–H and O–H groups in total. The largest absolute Gasteiger partial charge is 0.425 e. The summed E-state index contributed by atoms with van der Waals surface area (Å²) in [6, 6.07) is 13.3. The minimum Gasteiger partial charge on any atom is -0.425 e. The fraction of sp³-hybridized carbons (Fsp3) is 0.158. The molecule has 0 bridgehead atoms. The first-order chi connectivity index (χ1) is 12.1. The Bertz CT molecular complexity index is 990. The number of esters is 1. The van der Waals surface area contributed by atoms with Crippen LogP contribution in [0.2, 0.25) is 0 Å². The maximum absolute atomic E-state index is 12.3. The third-order valence-corrected chi connectivity index (χ3v) is 3.76. The lowest BCUT2D eigenvalue weighted by molar-refractivity contribution is -0.135. The van der Waals surface area contributed by atoms with Crippen LogP contribution in [-0.4, -0.2) is 21.3 Å². The molecule has 0 amide bonds. The third-order valence-electron chi connectivity index (χ3n) is 3.76. The van der Waals surface area contributed by atoms with Gasteiger partial charge < -0.3 is 4.74 Å². The second kappa shape index (κ2) is 7.09. The molecule has 2 aromatic carbocycles. The first-order valence-corrected chi connectivity index (χ1v) is 7.86. The van der Waals surface area contributed by atoms with E-state index in [1.807, 2.05) is 0 Å². The Balaban J connectivity index is 1.73. The van der Waals surface area contributed by atoms with Crippen LogP contribution in [-0.2, 0) is 11.3 Å². The van der Waals surface area contributed by atoms with Crippen LogP contribution in [0, 0.1) is 0 Å². The number of benzene rings is 2. The Labute approximate surface area is 143 Å². The number of ether oxygens (including phenoxy) is 1. The van der Waals surface area contributed by atoms with Crippen molar-refractivity contribution in [1.29, 1.82) is 0 Å². The van der Waals surface area contributed by atoms with Crippen molar-refractivity contribution >= 4 is 22.7 Å². The molecule has 0 saturated heterocycles. The molecule has 0 fully saturated rings. The number of nitrogens with zero attached hydrogens (tertiary/aromatic N) is 2. The first-order valence-electron chi connectivity index (χ1n) is 7.86. The van der Waals surface area contributed by atoms with Crippen molar-refractivity contribution in [2.45, 2.75) is 19.9 Å². The minimum atomic E-state index is -0.589. The summed E-state index contributed by atoms with van der Waals surface area (Å²) in [6.45, 7) is 1.54. The van der Waals surface area contributed by atoms with Gasteiger partial charge in [0.1, 0.15) is 12.3 Å². The number of hydrogen-bond acceptors (Lipinski definition) is 5. The predicted molar refractivity (Wildman–Crippen MR) is 92.7 cm³/mol. The summed E-state index contributed by atoms with van der Waals surface area (Å²) in [7, 11) is 0. The van der Waals surface area contributed by atoms with Crippen LogP contribution in [0.4, 0.5) is 0 Å². The number of Topliss-reactive ketones (excluding diaryl/α,β-unsaturated/α-hetero) is 1. The van der Waals surface area contributed by atoms with Crippen molar-refractivity contribution in [2.75, 3.05) is 0 Å². The van der Waals surface area contributed by atoms with Crippen molar-refractivity contribution < 1.29 is 14.3 Å². The molecule has 0 unspecified atom stereocenters. The smallest absolute Gasteiger partial charge is 0.331 e. The minimum absolute atomic E-state index is 0.0201. The lowest BCUT2D eigenvalue weighted by atomic mass is 10.1. The van der Waals surface area contributed by atoms with Crippen molar-refractivity contribution in [3.63, 3.8) is 0 Å². The van der Waals surface area contributed by atoms with E-state index in [4.69, 9.17) is 4.74 Å². The maximum Gasteiger partial charge on any atom is 0.331 e. The summed E-state index contributed by atoms with van der Waals surface area (Å²) in [6.07, 6.45) is 1.74.